The largest absolute Gasteiger partial charge is 0.507 e. The van der Waals surface area contributed by atoms with Gasteiger partial charge in [-0.15, -0.1) is 0 Å². The Kier molecular flexibility index (Phi) is 4.02. The second kappa shape index (κ2) is 5.96. The van der Waals surface area contributed by atoms with Gasteiger partial charge in [0, 0.05) is 17.3 Å². The number of halogens is 1. The zero-order chi connectivity index (χ0) is 15.7. The predicted molar refractivity (Wildman–Crippen MR) is 80.8 cm³/mol. The third-order valence-electron chi connectivity index (χ3n) is 3.56. The first-order valence-electron chi connectivity index (χ1n) is 6.87. The summed E-state index contributed by atoms with van der Waals surface area (Å²) in [5, 5.41) is 13.1. The molecular formula is C14H14BrN3O4. The number of carboxylic acid groups (broad SMARTS) is 1. The van der Waals surface area contributed by atoms with E-state index in [0.717, 1.165) is 16.5 Å². The molecule has 1 aromatic heterocycles. The van der Waals surface area contributed by atoms with Crippen LogP contribution in [0, 0.1) is 0 Å². The van der Waals surface area contributed by atoms with Crippen LogP contribution in [0.1, 0.15) is 30.5 Å². The molecule has 0 amide bonds. The lowest BCUT2D eigenvalue weighted by atomic mass is 10.1. The van der Waals surface area contributed by atoms with Crippen LogP contribution < -0.4 is 5.69 Å². The normalized spacial score (nSPS) is 17.0. The summed E-state index contributed by atoms with van der Waals surface area (Å²) in [6.45, 7) is 0.339. The van der Waals surface area contributed by atoms with E-state index in [1.54, 1.807) is 0 Å². The van der Waals surface area contributed by atoms with Crippen molar-refractivity contribution in [2.75, 3.05) is 0 Å². The molecule has 1 N–H and O–H groups in total. The van der Waals surface area contributed by atoms with E-state index in [1.165, 1.54) is 9.25 Å². The van der Waals surface area contributed by atoms with Gasteiger partial charge in [-0.05, 0) is 24.1 Å². The van der Waals surface area contributed by atoms with Crippen molar-refractivity contribution in [1.29, 1.82) is 0 Å². The predicted octanol–water partition coefficient (Wildman–Crippen LogP) is 2.39. The van der Waals surface area contributed by atoms with E-state index in [0.29, 0.717) is 25.2 Å². The molecule has 22 heavy (non-hydrogen) atoms. The van der Waals surface area contributed by atoms with Crippen molar-refractivity contribution in [3.05, 3.63) is 50.6 Å². The van der Waals surface area contributed by atoms with Gasteiger partial charge in [0.1, 0.15) is 5.82 Å². The van der Waals surface area contributed by atoms with Crippen molar-refractivity contribution in [1.82, 2.24) is 14.3 Å². The summed E-state index contributed by atoms with van der Waals surface area (Å²) in [7, 11) is 0. The summed E-state index contributed by atoms with van der Waals surface area (Å²) in [6.07, 6.45) is -0.296. The quantitative estimate of drug-likeness (QED) is 0.841. The van der Waals surface area contributed by atoms with Crippen LogP contribution in [0.3, 0.4) is 0 Å². The second-order valence-electron chi connectivity index (χ2n) is 5.08. The van der Waals surface area contributed by atoms with E-state index < -0.39 is 12.4 Å². The third kappa shape index (κ3) is 2.92. The maximum absolute atomic E-state index is 12.5. The molecular weight excluding hydrogens is 354 g/mol. The first kappa shape index (κ1) is 14.8. The van der Waals surface area contributed by atoms with E-state index in [2.05, 4.69) is 21.0 Å². The fourth-order valence-corrected chi connectivity index (χ4v) is 2.85. The van der Waals surface area contributed by atoms with Gasteiger partial charge in [0.15, 0.2) is 6.23 Å². The number of fused-ring (bicyclic) bond motifs is 1. The molecule has 3 rings (SSSR count). The maximum atomic E-state index is 12.5. The van der Waals surface area contributed by atoms with Gasteiger partial charge in [0.25, 0.3) is 0 Å². The minimum Gasteiger partial charge on any atom is -0.450 e. The number of aromatic nitrogens is 3. The van der Waals surface area contributed by atoms with E-state index in [-0.39, 0.29) is 5.69 Å². The number of aryl methyl sites for hydroxylation is 1. The summed E-state index contributed by atoms with van der Waals surface area (Å²) in [5.74, 6) is 0.569. The van der Waals surface area contributed by atoms with Crippen molar-refractivity contribution >= 4 is 22.1 Å². The average Bonchev–Trinajstić information content (AvgIpc) is 2.78. The molecule has 7 nitrogen and oxygen atoms in total. The summed E-state index contributed by atoms with van der Waals surface area (Å²) in [6, 6.07) is 7.60. The highest BCUT2D eigenvalue weighted by molar-refractivity contribution is 9.10. The van der Waals surface area contributed by atoms with Crippen LogP contribution in [-0.4, -0.2) is 25.6 Å². The lowest BCUT2D eigenvalue weighted by Crippen LogP contribution is -2.33. The molecule has 116 valence electrons. The van der Waals surface area contributed by atoms with Gasteiger partial charge >= 0.3 is 11.8 Å². The molecule has 0 saturated carbocycles. The second-order valence-corrected chi connectivity index (χ2v) is 6.00. The number of benzene rings is 1. The highest BCUT2D eigenvalue weighted by atomic mass is 79.9. The summed E-state index contributed by atoms with van der Waals surface area (Å²) in [4.78, 5) is 23.2. The minimum atomic E-state index is -1.38. The van der Waals surface area contributed by atoms with E-state index in [4.69, 9.17) is 9.84 Å². The molecule has 0 unspecified atom stereocenters. The van der Waals surface area contributed by atoms with Gasteiger partial charge in [-0.3, -0.25) is 0 Å². The van der Waals surface area contributed by atoms with Crippen molar-refractivity contribution in [3.8, 4) is 0 Å². The Morgan fingerprint density at radius 3 is 2.82 bits per heavy atom. The van der Waals surface area contributed by atoms with Crippen LogP contribution in [0.2, 0.25) is 0 Å². The zero-order valence-corrected chi connectivity index (χ0v) is 13.2. The molecule has 0 bridgehead atoms. The number of nitrogens with zero attached hydrogens (tertiary/aromatic N) is 3. The highest BCUT2D eigenvalue weighted by Crippen LogP contribution is 2.23. The smallest absolute Gasteiger partial charge is 0.450 e. The Morgan fingerprint density at radius 2 is 2.14 bits per heavy atom. The highest BCUT2D eigenvalue weighted by Gasteiger charge is 2.27. The number of hydrogen-bond acceptors (Lipinski definition) is 4. The molecule has 1 aliphatic heterocycles. The van der Waals surface area contributed by atoms with Crippen molar-refractivity contribution in [2.24, 2.45) is 0 Å². The van der Waals surface area contributed by atoms with Gasteiger partial charge in [0.2, 0.25) is 0 Å². The topological polar surface area (TPSA) is 86.3 Å². The molecule has 0 aliphatic carbocycles. The summed E-state index contributed by atoms with van der Waals surface area (Å²) < 4.78 is 8.45. The molecule has 0 saturated heterocycles. The number of carbonyl (C=O) groups is 1. The number of ether oxygens (including phenoxy) is 1. The molecule has 0 fully saturated rings. The Balaban J connectivity index is 1.91. The first-order valence-corrected chi connectivity index (χ1v) is 7.66. The molecule has 0 radical (unpaired) electrons. The maximum Gasteiger partial charge on any atom is 0.507 e. The fourth-order valence-electron chi connectivity index (χ4n) is 2.58. The molecule has 1 aliphatic rings. The Morgan fingerprint density at radius 1 is 1.41 bits per heavy atom. The van der Waals surface area contributed by atoms with Crippen LogP contribution in [0.5, 0.6) is 0 Å². The van der Waals surface area contributed by atoms with E-state index in [9.17, 15) is 9.59 Å². The van der Waals surface area contributed by atoms with Gasteiger partial charge in [-0.1, -0.05) is 28.1 Å². The van der Waals surface area contributed by atoms with Crippen LogP contribution in [0.25, 0.3) is 0 Å². The van der Waals surface area contributed by atoms with Crippen LogP contribution in [-0.2, 0) is 17.7 Å². The van der Waals surface area contributed by atoms with Crippen LogP contribution >= 0.6 is 15.9 Å². The molecule has 2 aromatic rings. The number of hydrogen-bond donors (Lipinski definition) is 1. The Bertz CT molecular complexity index is 750. The Hall–Kier alpha value is -2.09. The number of rotatable bonds is 3. The fraction of sp³-hybridized carbons (Fsp3) is 0.357. The molecule has 8 heteroatoms. The Labute approximate surface area is 134 Å². The van der Waals surface area contributed by atoms with Crippen molar-refractivity contribution in [2.45, 2.75) is 32.0 Å². The standard InChI is InChI=1S/C14H14BrN3O4/c15-10-6-4-9(5-7-10)8-17-13(19)18-11(16-17)2-1-3-12(18)22-14(20)21/h4-7,12H,1-3,8H2,(H,20,21)/t12-/m0/s1. The molecule has 1 atom stereocenters. The zero-order valence-electron chi connectivity index (χ0n) is 11.6. The van der Waals surface area contributed by atoms with Crippen molar-refractivity contribution < 1.29 is 14.6 Å². The average molecular weight is 368 g/mol. The first-order chi connectivity index (χ1) is 10.5. The van der Waals surface area contributed by atoms with Gasteiger partial charge in [-0.25, -0.2) is 18.8 Å². The summed E-state index contributed by atoms with van der Waals surface area (Å²) in [5.41, 5.74) is 0.598. The third-order valence-corrected chi connectivity index (χ3v) is 4.09. The summed E-state index contributed by atoms with van der Waals surface area (Å²) >= 11 is 3.36. The van der Waals surface area contributed by atoms with Gasteiger partial charge < -0.3 is 9.84 Å². The van der Waals surface area contributed by atoms with Gasteiger partial charge in [-0.2, -0.15) is 5.10 Å². The lowest BCUT2D eigenvalue weighted by molar-refractivity contribution is 0.00392. The van der Waals surface area contributed by atoms with Crippen molar-refractivity contribution in [3.63, 3.8) is 0 Å². The molecule has 0 spiro atoms. The van der Waals surface area contributed by atoms with Gasteiger partial charge in [0.05, 0.1) is 6.54 Å². The van der Waals surface area contributed by atoms with Crippen LogP contribution in [0.4, 0.5) is 4.79 Å². The van der Waals surface area contributed by atoms with Crippen LogP contribution in [0.15, 0.2) is 33.5 Å². The van der Waals surface area contributed by atoms with E-state index in [1.807, 2.05) is 24.3 Å². The molecule has 2 heterocycles. The van der Waals surface area contributed by atoms with E-state index >= 15 is 0 Å². The SMILES string of the molecule is O=C(O)O[C@H]1CCCc2nn(Cc3ccc(Br)cc3)c(=O)n21. The monoisotopic (exact) mass is 367 g/mol. The minimum absolute atomic E-state index is 0.339. The lowest BCUT2D eigenvalue weighted by Gasteiger charge is -2.21. The molecule has 1 aromatic carbocycles.